The number of carbonyl (C=O) groups is 1. The molecular formula is C15H17ClN4O3. The molecule has 0 spiro atoms. The number of H-pyrrole nitrogens is 1. The molecule has 2 N–H and O–H groups in total. The Morgan fingerprint density at radius 3 is 3.13 bits per heavy atom. The lowest BCUT2D eigenvalue weighted by molar-refractivity contribution is 0.0799. The number of ether oxygens (including phenoxy) is 2. The number of aromatic nitrogens is 3. The molecule has 7 nitrogen and oxygen atoms in total. The van der Waals surface area contributed by atoms with Gasteiger partial charge in [0, 0.05) is 24.6 Å². The third-order valence-electron chi connectivity index (χ3n) is 3.86. The van der Waals surface area contributed by atoms with Crippen LogP contribution >= 0.6 is 11.6 Å². The molecule has 1 fully saturated rings. The van der Waals surface area contributed by atoms with Gasteiger partial charge < -0.3 is 14.8 Å². The second kappa shape index (κ2) is 6.97. The number of carbonyl (C=O) groups excluding carboxylic acids is 1. The molecule has 2 aromatic rings. The SMILES string of the molecule is COc1ccc(C(=O)NC[C@@H]2CCO[C@@H]2c2ncn[nH]2)cc1Cl. The minimum atomic E-state index is -0.183. The van der Waals surface area contributed by atoms with Crippen molar-refractivity contribution in [1.29, 1.82) is 0 Å². The zero-order chi connectivity index (χ0) is 16.2. The molecule has 1 aliphatic rings. The molecule has 0 unspecified atom stereocenters. The van der Waals surface area contributed by atoms with Crippen molar-refractivity contribution in [3.8, 4) is 5.75 Å². The molecule has 0 aliphatic carbocycles. The summed E-state index contributed by atoms with van der Waals surface area (Å²) in [6.45, 7) is 1.13. The average molecular weight is 337 g/mol. The van der Waals surface area contributed by atoms with Crippen LogP contribution < -0.4 is 10.1 Å². The molecule has 2 atom stereocenters. The van der Waals surface area contributed by atoms with Crippen LogP contribution in [0.1, 0.15) is 28.7 Å². The minimum Gasteiger partial charge on any atom is -0.495 e. The lowest BCUT2D eigenvalue weighted by Crippen LogP contribution is -2.30. The van der Waals surface area contributed by atoms with E-state index in [2.05, 4.69) is 20.5 Å². The van der Waals surface area contributed by atoms with Gasteiger partial charge in [-0.2, -0.15) is 5.10 Å². The van der Waals surface area contributed by atoms with Crippen LogP contribution in [0.3, 0.4) is 0 Å². The van der Waals surface area contributed by atoms with Crippen molar-refractivity contribution in [2.75, 3.05) is 20.3 Å². The van der Waals surface area contributed by atoms with E-state index in [1.807, 2.05) is 0 Å². The molecule has 3 rings (SSSR count). The van der Waals surface area contributed by atoms with Crippen LogP contribution in [-0.2, 0) is 4.74 Å². The quantitative estimate of drug-likeness (QED) is 0.871. The first-order valence-corrected chi connectivity index (χ1v) is 7.65. The third-order valence-corrected chi connectivity index (χ3v) is 4.15. The maximum absolute atomic E-state index is 12.3. The fourth-order valence-electron chi connectivity index (χ4n) is 2.63. The zero-order valence-electron chi connectivity index (χ0n) is 12.6. The summed E-state index contributed by atoms with van der Waals surface area (Å²) in [6.07, 6.45) is 2.14. The Balaban J connectivity index is 1.61. The van der Waals surface area contributed by atoms with E-state index in [0.29, 0.717) is 35.3 Å². The number of rotatable bonds is 5. The smallest absolute Gasteiger partial charge is 0.251 e. The monoisotopic (exact) mass is 336 g/mol. The first-order chi connectivity index (χ1) is 11.2. The van der Waals surface area contributed by atoms with E-state index in [1.54, 1.807) is 18.2 Å². The molecule has 8 heteroatoms. The molecule has 0 bridgehead atoms. The van der Waals surface area contributed by atoms with Crippen molar-refractivity contribution >= 4 is 17.5 Å². The summed E-state index contributed by atoms with van der Waals surface area (Å²) in [7, 11) is 1.53. The van der Waals surface area contributed by atoms with Crippen LogP contribution in [-0.4, -0.2) is 41.3 Å². The fourth-order valence-corrected chi connectivity index (χ4v) is 2.89. The van der Waals surface area contributed by atoms with Gasteiger partial charge in [-0.15, -0.1) is 0 Å². The number of hydrogen-bond donors (Lipinski definition) is 2. The highest BCUT2D eigenvalue weighted by atomic mass is 35.5. The Hall–Kier alpha value is -2.12. The normalized spacial score (nSPS) is 20.4. The Labute approximate surface area is 138 Å². The van der Waals surface area contributed by atoms with Gasteiger partial charge in [0.1, 0.15) is 18.2 Å². The van der Waals surface area contributed by atoms with Crippen LogP contribution in [0.25, 0.3) is 0 Å². The van der Waals surface area contributed by atoms with Gasteiger partial charge in [0.25, 0.3) is 5.91 Å². The zero-order valence-corrected chi connectivity index (χ0v) is 13.3. The van der Waals surface area contributed by atoms with Crippen molar-refractivity contribution in [3.05, 3.63) is 40.9 Å². The number of benzene rings is 1. The van der Waals surface area contributed by atoms with Gasteiger partial charge in [0.2, 0.25) is 0 Å². The van der Waals surface area contributed by atoms with E-state index < -0.39 is 0 Å². The highest BCUT2D eigenvalue weighted by molar-refractivity contribution is 6.32. The summed E-state index contributed by atoms with van der Waals surface area (Å²) in [5, 5.41) is 9.98. The minimum absolute atomic E-state index is 0.153. The number of amides is 1. The van der Waals surface area contributed by atoms with Crippen LogP contribution in [0.15, 0.2) is 24.5 Å². The predicted molar refractivity (Wildman–Crippen MR) is 83.5 cm³/mol. The molecule has 23 heavy (non-hydrogen) atoms. The molecule has 0 radical (unpaired) electrons. The summed E-state index contributed by atoms with van der Waals surface area (Å²) < 4.78 is 10.8. The van der Waals surface area contributed by atoms with E-state index in [9.17, 15) is 4.79 Å². The maximum Gasteiger partial charge on any atom is 0.251 e. The first-order valence-electron chi connectivity index (χ1n) is 7.27. The van der Waals surface area contributed by atoms with Crippen molar-refractivity contribution in [1.82, 2.24) is 20.5 Å². The summed E-state index contributed by atoms with van der Waals surface area (Å²) >= 11 is 6.05. The van der Waals surface area contributed by atoms with E-state index in [4.69, 9.17) is 21.1 Å². The number of halogens is 1. The standard InChI is InChI=1S/C15H17ClN4O3/c1-22-12-3-2-9(6-11(12)16)15(21)17-7-10-4-5-23-13(10)14-18-8-19-20-14/h2-3,6,8,10,13H,4-5,7H2,1H3,(H,17,21)(H,18,19,20)/t10-,13-/m0/s1. The second-order valence-electron chi connectivity index (χ2n) is 5.27. The molecule has 1 amide bonds. The van der Waals surface area contributed by atoms with Gasteiger partial charge in [-0.3, -0.25) is 9.89 Å². The highest BCUT2D eigenvalue weighted by Crippen LogP contribution is 2.32. The van der Waals surface area contributed by atoms with E-state index in [1.165, 1.54) is 13.4 Å². The van der Waals surface area contributed by atoms with Crippen molar-refractivity contribution in [2.24, 2.45) is 5.92 Å². The molecule has 122 valence electrons. The van der Waals surface area contributed by atoms with Gasteiger partial charge in [-0.25, -0.2) is 4.98 Å². The molecular weight excluding hydrogens is 320 g/mol. The van der Waals surface area contributed by atoms with E-state index in [-0.39, 0.29) is 17.9 Å². The summed E-state index contributed by atoms with van der Waals surface area (Å²) in [4.78, 5) is 16.4. The number of nitrogens with zero attached hydrogens (tertiary/aromatic N) is 2. The predicted octanol–water partition coefficient (Wildman–Crippen LogP) is 1.97. The Morgan fingerprint density at radius 2 is 2.43 bits per heavy atom. The molecule has 2 heterocycles. The first kappa shape index (κ1) is 15.8. The van der Waals surface area contributed by atoms with Crippen LogP contribution in [0, 0.1) is 5.92 Å². The molecule has 1 aliphatic heterocycles. The summed E-state index contributed by atoms with van der Waals surface area (Å²) in [6, 6.07) is 4.95. The lowest BCUT2D eigenvalue weighted by Gasteiger charge is -2.17. The van der Waals surface area contributed by atoms with Crippen molar-refractivity contribution in [3.63, 3.8) is 0 Å². The van der Waals surface area contributed by atoms with Crippen LogP contribution in [0.4, 0.5) is 0 Å². The highest BCUT2D eigenvalue weighted by Gasteiger charge is 2.32. The van der Waals surface area contributed by atoms with Gasteiger partial charge in [-0.1, -0.05) is 11.6 Å². The summed E-state index contributed by atoms with van der Waals surface area (Å²) in [5.74, 6) is 1.20. The van der Waals surface area contributed by atoms with E-state index >= 15 is 0 Å². The number of hydrogen-bond acceptors (Lipinski definition) is 5. The van der Waals surface area contributed by atoms with E-state index in [0.717, 1.165) is 6.42 Å². The average Bonchev–Trinajstić information content (AvgIpc) is 3.23. The molecule has 1 saturated heterocycles. The number of aromatic amines is 1. The van der Waals surface area contributed by atoms with Gasteiger partial charge >= 0.3 is 0 Å². The lowest BCUT2D eigenvalue weighted by atomic mass is 10.0. The molecule has 1 aromatic carbocycles. The Kier molecular flexibility index (Phi) is 4.78. The third kappa shape index (κ3) is 3.46. The van der Waals surface area contributed by atoms with Gasteiger partial charge in [-0.05, 0) is 24.6 Å². The number of nitrogens with one attached hydrogen (secondary N) is 2. The van der Waals surface area contributed by atoms with Gasteiger partial charge in [0.15, 0.2) is 5.82 Å². The van der Waals surface area contributed by atoms with Crippen molar-refractivity contribution < 1.29 is 14.3 Å². The van der Waals surface area contributed by atoms with Crippen molar-refractivity contribution in [2.45, 2.75) is 12.5 Å². The second-order valence-corrected chi connectivity index (χ2v) is 5.68. The Bertz CT molecular complexity index is 677. The number of methoxy groups -OCH3 is 1. The topological polar surface area (TPSA) is 89.1 Å². The molecule has 0 saturated carbocycles. The largest absolute Gasteiger partial charge is 0.495 e. The molecule has 1 aromatic heterocycles. The van der Waals surface area contributed by atoms with Crippen LogP contribution in [0.2, 0.25) is 5.02 Å². The summed E-state index contributed by atoms with van der Waals surface area (Å²) in [5.41, 5.74) is 0.492. The maximum atomic E-state index is 12.3. The van der Waals surface area contributed by atoms with Crippen LogP contribution in [0.5, 0.6) is 5.75 Å². The van der Waals surface area contributed by atoms with Gasteiger partial charge in [0.05, 0.1) is 12.1 Å². The fraction of sp³-hybridized carbons (Fsp3) is 0.400. The Morgan fingerprint density at radius 1 is 1.57 bits per heavy atom.